The van der Waals surface area contributed by atoms with Crippen molar-refractivity contribution in [3.63, 3.8) is 0 Å². The molecule has 1 atom stereocenters. The Bertz CT molecular complexity index is 188. The van der Waals surface area contributed by atoms with Crippen LogP contribution in [0.3, 0.4) is 0 Å². The van der Waals surface area contributed by atoms with Crippen molar-refractivity contribution in [1.82, 2.24) is 15.5 Å². The van der Waals surface area contributed by atoms with Crippen molar-refractivity contribution in [3.05, 3.63) is 0 Å². The van der Waals surface area contributed by atoms with Crippen LogP contribution in [-0.2, 0) is 4.79 Å². The Labute approximate surface area is 92.4 Å². The van der Waals surface area contributed by atoms with E-state index in [2.05, 4.69) is 29.6 Å². The van der Waals surface area contributed by atoms with Gasteiger partial charge in [0.25, 0.3) is 0 Å². The van der Waals surface area contributed by atoms with Gasteiger partial charge >= 0.3 is 0 Å². The predicted octanol–water partition coefficient (Wildman–Crippen LogP) is 0.196. The van der Waals surface area contributed by atoms with E-state index in [1.807, 2.05) is 0 Å². The molecule has 1 heterocycles. The molecule has 0 saturated carbocycles. The molecule has 1 rings (SSSR count). The molecule has 1 amide bonds. The Morgan fingerprint density at radius 1 is 1.47 bits per heavy atom. The highest BCUT2D eigenvalue weighted by Gasteiger charge is 2.20. The summed E-state index contributed by atoms with van der Waals surface area (Å²) in [5.41, 5.74) is 0. The first-order valence-electron chi connectivity index (χ1n) is 5.86. The van der Waals surface area contributed by atoms with E-state index in [0.29, 0.717) is 0 Å². The molecule has 1 saturated heterocycles. The fourth-order valence-corrected chi connectivity index (χ4v) is 1.80. The Morgan fingerprint density at radius 3 is 2.87 bits per heavy atom. The van der Waals surface area contributed by atoms with Crippen molar-refractivity contribution < 1.29 is 4.79 Å². The van der Waals surface area contributed by atoms with Crippen molar-refractivity contribution in [3.8, 4) is 0 Å². The third kappa shape index (κ3) is 5.14. The van der Waals surface area contributed by atoms with Crippen molar-refractivity contribution >= 4 is 5.91 Å². The molecule has 4 nitrogen and oxygen atoms in total. The standard InChI is InChI=1S/C11H23N3O/c1-14(2)9-4-3-7-13-11(15)10-6-5-8-12-10/h10,12H,3-9H2,1-2H3,(H,13,15)/t10-/m0/s1. The molecule has 88 valence electrons. The SMILES string of the molecule is CN(C)CCCCNC(=O)[C@@H]1CCCN1. The monoisotopic (exact) mass is 213 g/mol. The normalized spacial score (nSPS) is 20.9. The average Bonchev–Trinajstić information content (AvgIpc) is 2.69. The molecule has 1 fully saturated rings. The van der Waals surface area contributed by atoms with Crippen LogP contribution in [0.25, 0.3) is 0 Å². The summed E-state index contributed by atoms with van der Waals surface area (Å²) >= 11 is 0. The average molecular weight is 213 g/mol. The maximum atomic E-state index is 11.6. The minimum atomic E-state index is 0.0684. The smallest absolute Gasteiger partial charge is 0.237 e. The molecule has 0 radical (unpaired) electrons. The molecule has 1 aliphatic heterocycles. The Kier molecular flexibility index (Phi) is 5.65. The van der Waals surface area contributed by atoms with Gasteiger partial charge in [0.2, 0.25) is 5.91 Å². The van der Waals surface area contributed by atoms with Crippen LogP contribution in [0, 0.1) is 0 Å². The maximum absolute atomic E-state index is 11.6. The van der Waals surface area contributed by atoms with Gasteiger partial charge in [-0.25, -0.2) is 0 Å². The molecule has 0 aromatic carbocycles. The van der Waals surface area contributed by atoms with Crippen LogP contribution in [0.15, 0.2) is 0 Å². The van der Waals surface area contributed by atoms with Crippen LogP contribution in [-0.4, -0.2) is 50.6 Å². The van der Waals surface area contributed by atoms with Gasteiger partial charge in [0, 0.05) is 6.54 Å². The summed E-state index contributed by atoms with van der Waals surface area (Å²) in [6.07, 6.45) is 4.32. The second-order valence-electron chi connectivity index (χ2n) is 4.45. The van der Waals surface area contributed by atoms with Crippen LogP contribution in [0.1, 0.15) is 25.7 Å². The lowest BCUT2D eigenvalue weighted by molar-refractivity contribution is -0.122. The van der Waals surface area contributed by atoms with E-state index in [4.69, 9.17) is 0 Å². The second kappa shape index (κ2) is 6.80. The number of carbonyl (C=O) groups is 1. The van der Waals surface area contributed by atoms with Crippen molar-refractivity contribution in [1.29, 1.82) is 0 Å². The first-order valence-corrected chi connectivity index (χ1v) is 5.86. The highest BCUT2D eigenvalue weighted by atomic mass is 16.2. The van der Waals surface area contributed by atoms with Gasteiger partial charge in [-0.05, 0) is 52.9 Å². The van der Waals surface area contributed by atoms with E-state index in [-0.39, 0.29) is 11.9 Å². The van der Waals surface area contributed by atoms with Gasteiger partial charge in [-0.15, -0.1) is 0 Å². The molecule has 0 aromatic heterocycles. The predicted molar refractivity (Wildman–Crippen MR) is 61.8 cm³/mol. The zero-order valence-electron chi connectivity index (χ0n) is 9.88. The van der Waals surface area contributed by atoms with Crippen molar-refractivity contribution in [2.24, 2.45) is 0 Å². The van der Waals surface area contributed by atoms with E-state index >= 15 is 0 Å². The van der Waals surface area contributed by atoms with Crippen LogP contribution >= 0.6 is 0 Å². The number of nitrogens with zero attached hydrogens (tertiary/aromatic N) is 1. The molecule has 0 unspecified atom stereocenters. The van der Waals surface area contributed by atoms with E-state index < -0.39 is 0 Å². The number of carbonyl (C=O) groups excluding carboxylic acids is 1. The minimum Gasteiger partial charge on any atom is -0.355 e. The van der Waals surface area contributed by atoms with E-state index in [1.165, 1.54) is 0 Å². The van der Waals surface area contributed by atoms with E-state index in [9.17, 15) is 4.79 Å². The van der Waals surface area contributed by atoms with Gasteiger partial charge in [0.1, 0.15) is 0 Å². The summed E-state index contributed by atoms with van der Waals surface area (Å²) < 4.78 is 0. The fraction of sp³-hybridized carbons (Fsp3) is 0.909. The molecular formula is C11H23N3O. The van der Waals surface area contributed by atoms with Crippen LogP contribution in [0.4, 0.5) is 0 Å². The van der Waals surface area contributed by atoms with Crippen LogP contribution < -0.4 is 10.6 Å². The Hall–Kier alpha value is -0.610. The zero-order valence-corrected chi connectivity index (χ0v) is 9.88. The summed E-state index contributed by atoms with van der Waals surface area (Å²) in [7, 11) is 4.14. The zero-order chi connectivity index (χ0) is 11.1. The van der Waals surface area contributed by atoms with Crippen LogP contribution in [0.2, 0.25) is 0 Å². The summed E-state index contributed by atoms with van der Waals surface area (Å²) in [5, 5.41) is 6.17. The quantitative estimate of drug-likeness (QED) is 0.619. The van der Waals surface area contributed by atoms with Gasteiger partial charge in [-0.1, -0.05) is 0 Å². The van der Waals surface area contributed by atoms with Crippen molar-refractivity contribution in [2.45, 2.75) is 31.7 Å². The van der Waals surface area contributed by atoms with Gasteiger partial charge in [0.15, 0.2) is 0 Å². The van der Waals surface area contributed by atoms with Gasteiger partial charge in [-0.3, -0.25) is 4.79 Å². The molecular weight excluding hydrogens is 190 g/mol. The lowest BCUT2D eigenvalue weighted by Gasteiger charge is -2.12. The summed E-state index contributed by atoms with van der Waals surface area (Å²) in [6, 6.07) is 0.0684. The number of hydrogen-bond donors (Lipinski definition) is 2. The third-order valence-corrected chi connectivity index (χ3v) is 2.71. The van der Waals surface area contributed by atoms with E-state index in [1.54, 1.807) is 0 Å². The number of nitrogens with one attached hydrogen (secondary N) is 2. The molecule has 15 heavy (non-hydrogen) atoms. The molecule has 0 bridgehead atoms. The summed E-state index contributed by atoms with van der Waals surface area (Å²) in [5.74, 6) is 0.178. The minimum absolute atomic E-state index is 0.0684. The Morgan fingerprint density at radius 2 is 2.27 bits per heavy atom. The molecule has 1 aliphatic rings. The third-order valence-electron chi connectivity index (χ3n) is 2.71. The fourth-order valence-electron chi connectivity index (χ4n) is 1.80. The molecule has 2 N–H and O–H groups in total. The van der Waals surface area contributed by atoms with Crippen molar-refractivity contribution in [2.75, 3.05) is 33.7 Å². The first-order chi connectivity index (χ1) is 7.20. The topological polar surface area (TPSA) is 44.4 Å². The molecule has 0 aromatic rings. The molecule has 0 aliphatic carbocycles. The van der Waals surface area contributed by atoms with Gasteiger partial charge in [0.05, 0.1) is 6.04 Å². The number of hydrogen-bond acceptors (Lipinski definition) is 3. The Balaban J connectivity index is 1.97. The van der Waals surface area contributed by atoms with Crippen LogP contribution in [0.5, 0.6) is 0 Å². The largest absolute Gasteiger partial charge is 0.355 e. The summed E-state index contributed by atoms with van der Waals surface area (Å²) in [4.78, 5) is 13.7. The maximum Gasteiger partial charge on any atom is 0.237 e. The number of rotatable bonds is 6. The highest BCUT2D eigenvalue weighted by molar-refractivity contribution is 5.81. The number of amides is 1. The molecule has 0 spiro atoms. The van der Waals surface area contributed by atoms with E-state index in [0.717, 1.165) is 45.3 Å². The highest BCUT2D eigenvalue weighted by Crippen LogP contribution is 2.04. The second-order valence-corrected chi connectivity index (χ2v) is 4.45. The van der Waals surface area contributed by atoms with Gasteiger partial charge in [-0.2, -0.15) is 0 Å². The van der Waals surface area contributed by atoms with Gasteiger partial charge < -0.3 is 15.5 Å². The lowest BCUT2D eigenvalue weighted by atomic mass is 10.2. The summed E-state index contributed by atoms with van der Waals surface area (Å²) in [6.45, 7) is 2.89. The first kappa shape index (κ1) is 12.5. The molecule has 4 heteroatoms. The lowest BCUT2D eigenvalue weighted by Crippen LogP contribution is -2.40. The number of unbranched alkanes of at least 4 members (excludes halogenated alkanes) is 1.